The first-order chi connectivity index (χ1) is 17.0. The van der Waals surface area contributed by atoms with Gasteiger partial charge < -0.3 is 15.7 Å². The predicted molar refractivity (Wildman–Crippen MR) is 133 cm³/mol. The van der Waals surface area contributed by atoms with Crippen LogP contribution < -0.4 is 15.4 Å². The van der Waals surface area contributed by atoms with Crippen molar-refractivity contribution in [1.82, 2.24) is 0 Å². The third-order valence-electron chi connectivity index (χ3n) is 4.95. The quantitative estimate of drug-likeness (QED) is 0.210. The molecule has 0 saturated carbocycles. The molecule has 0 bridgehead atoms. The summed E-state index contributed by atoms with van der Waals surface area (Å²) in [6.07, 6.45) is -4.58. The van der Waals surface area contributed by atoms with Gasteiger partial charge in [-0.3, -0.25) is 4.72 Å². The molecule has 0 spiro atoms. The fraction of sp³-hybridized carbons (Fsp3) is 0.0417. The minimum absolute atomic E-state index is 0.0312. The predicted octanol–water partition coefficient (Wildman–Crippen LogP) is 6.58. The zero-order chi connectivity index (χ0) is 25.9. The molecule has 0 aliphatic heterocycles. The number of thiophene rings is 1. The number of hydrogen-bond donors (Lipinski definition) is 4. The SMILES string of the molecule is O=C(Nc1cccc(C(F)(F)F)c1)Nc1cc(S(=O)(=O)Nc2ccc(O)cc2)ccc1-c1ccsc1. The zero-order valence-electron chi connectivity index (χ0n) is 18.2. The van der Waals surface area contributed by atoms with E-state index < -0.39 is 27.8 Å². The van der Waals surface area contributed by atoms with E-state index in [1.807, 2.05) is 0 Å². The minimum atomic E-state index is -4.58. The van der Waals surface area contributed by atoms with E-state index in [2.05, 4.69) is 15.4 Å². The lowest BCUT2D eigenvalue weighted by molar-refractivity contribution is -0.137. The number of alkyl halides is 3. The number of amides is 2. The first-order valence-corrected chi connectivity index (χ1v) is 12.7. The maximum absolute atomic E-state index is 13.0. The Morgan fingerprint density at radius 1 is 0.889 bits per heavy atom. The molecule has 4 rings (SSSR count). The van der Waals surface area contributed by atoms with E-state index in [0.29, 0.717) is 11.1 Å². The lowest BCUT2D eigenvalue weighted by Gasteiger charge is -2.15. The fourth-order valence-corrected chi connectivity index (χ4v) is 5.01. The number of sulfonamides is 1. The second-order valence-corrected chi connectivity index (χ2v) is 9.99. The molecule has 186 valence electrons. The Labute approximate surface area is 208 Å². The highest BCUT2D eigenvalue weighted by molar-refractivity contribution is 7.92. The normalized spacial score (nSPS) is 11.6. The third-order valence-corrected chi connectivity index (χ3v) is 7.01. The van der Waals surface area contributed by atoms with Crippen LogP contribution in [0.5, 0.6) is 5.75 Å². The van der Waals surface area contributed by atoms with Gasteiger partial charge in [0.1, 0.15) is 5.75 Å². The van der Waals surface area contributed by atoms with Crippen LogP contribution in [-0.4, -0.2) is 19.6 Å². The van der Waals surface area contributed by atoms with E-state index >= 15 is 0 Å². The molecule has 0 aliphatic rings. The molecule has 0 radical (unpaired) electrons. The number of carbonyl (C=O) groups excluding carboxylic acids is 1. The van der Waals surface area contributed by atoms with Crippen LogP contribution in [0.25, 0.3) is 11.1 Å². The summed E-state index contributed by atoms with van der Waals surface area (Å²) in [6, 6.07) is 14.6. The summed E-state index contributed by atoms with van der Waals surface area (Å²) in [7, 11) is -4.08. The van der Waals surface area contributed by atoms with Crippen LogP contribution in [-0.2, 0) is 16.2 Å². The molecule has 0 aliphatic carbocycles. The summed E-state index contributed by atoms with van der Waals surface area (Å²) < 4.78 is 67.2. The van der Waals surface area contributed by atoms with Crippen molar-refractivity contribution in [1.29, 1.82) is 0 Å². The third kappa shape index (κ3) is 5.96. The van der Waals surface area contributed by atoms with Crippen molar-refractivity contribution >= 4 is 44.5 Å². The number of phenols is 1. The molecule has 7 nitrogen and oxygen atoms in total. The van der Waals surface area contributed by atoms with Gasteiger partial charge in [-0.05, 0) is 77.0 Å². The van der Waals surface area contributed by atoms with Crippen molar-refractivity contribution in [3.63, 3.8) is 0 Å². The van der Waals surface area contributed by atoms with E-state index in [9.17, 15) is 31.5 Å². The van der Waals surface area contributed by atoms with Crippen LogP contribution >= 0.6 is 11.3 Å². The summed E-state index contributed by atoms with van der Waals surface area (Å²) in [5.74, 6) is -0.0312. The molecule has 36 heavy (non-hydrogen) atoms. The van der Waals surface area contributed by atoms with Gasteiger partial charge in [0.15, 0.2) is 0 Å². The molecule has 0 unspecified atom stereocenters. The molecule has 0 atom stereocenters. The maximum atomic E-state index is 13.0. The standard InChI is InChI=1S/C24H18F3N3O4S2/c25-24(26,27)16-2-1-3-18(12-16)28-23(32)29-22-13-20(8-9-21(22)15-10-11-35-14-15)36(33,34)30-17-4-6-19(31)7-5-17/h1-14,30-31H,(H2,28,29,32). The van der Waals surface area contributed by atoms with Gasteiger partial charge in [0.2, 0.25) is 0 Å². The largest absolute Gasteiger partial charge is 0.508 e. The second kappa shape index (κ2) is 9.91. The van der Waals surface area contributed by atoms with Gasteiger partial charge in [-0.1, -0.05) is 12.1 Å². The van der Waals surface area contributed by atoms with Crippen molar-refractivity contribution in [2.45, 2.75) is 11.1 Å². The number of aromatic hydroxyl groups is 1. The zero-order valence-corrected chi connectivity index (χ0v) is 19.8. The van der Waals surface area contributed by atoms with E-state index in [1.54, 1.807) is 16.8 Å². The van der Waals surface area contributed by atoms with Crippen molar-refractivity contribution < 1.29 is 31.5 Å². The topological polar surface area (TPSA) is 108 Å². The average Bonchev–Trinajstić information content (AvgIpc) is 3.35. The van der Waals surface area contributed by atoms with Gasteiger partial charge in [-0.15, -0.1) is 0 Å². The monoisotopic (exact) mass is 533 g/mol. The maximum Gasteiger partial charge on any atom is 0.416 e. The minimum Gasteiger partial charge on any atom is -0.508 e. The van der Waals surface area contributed by atoms with Gasteiger partial charge in [0.25, 0.3) is 10.0 Å². The summed E-state index contributed by atoms with van der Waals surface area (Å²) in [4.78, 5) is 12.5. The van der Waals surface area contributed by atoms with Crippen molar-refractivity contribution in [3.8, 4) is 16.9 Å². The van der Waals surface area contributed by atoms with E-state index in [1.165, 1.54) is 59.9 Å². The van der Waals surface area contributed by atoms with Crippen LogP contribution in [0.3, 0.4) is 0 Å². The molecular weight excluding hydrogens is 515 g/mol. The molecule has 1 aromatic heterocycles. The van der Waals surface area contributed by atoms with Crippen molar-refractivity contribution in [2.24, 2.45) is 0 Å². The van der Waals surface area contributed by atoms with Gasteiger partial charge in [0.05, 0.1) is 16.1 Å². The Kier molecular flexibility index (Phi) is 6.91. The molecule has 2 amide bonds. The highest BCUT2D eigenvalue weighted by Crippen LogP contribution is 2.33. The molecule has 0 fully saturated rings. The first kappa shape index (κ1) is 25.1. The highest BCUT2D eigenvalue weighted by Gasteiger charge is 2.30. The van der Waals surface area contributed by atoms with E-state index in [-0.39, 0.29) is 27.7 Å². The van der Waals surface area contributed by atoms with Crippen LogP contribution in [0, 0.1) is 0 Å². The number of urea groups is 1. The number of phenolic OH excluding ortho intramolecular Hbond substituents is 1. The Balaban J connectivity index is 1.62. The lowest BCUT2D eigenvalue weighted by Crippen LogP contribution is -2.21. The van der Waals surface area contributed by atoms with Crippen molar-refractivity contribution in [2.75, 3.05) is 15.4 Å². The average molecular weight is 534 g/mol. The van der Waals surface area contributed by atoms with E-state index in [4.69, 9.17) is 0 Å². The second-order valence-electron chi connectivity index (χ2n) is 7.53. The smallest absolute Gasteiger partial charge is 0.416 e. The van der Waals surface area contributed by atoms with Gasteiger partial charge in [0, 0.05) is 16.9 Å². The number of benzene rings is 3. The van der Waals surface area contributed by atoms with Crippen molar-refractivity contribution in [3.05, 3.63) is 89.1 Å². The highest BCUT2D eigenvalue weighted by atomic mass is 32.2. The molecule has 4 aromatic rings. The molecule has 4 N–H and O–H groups in total. The number of nitrogens with one attached hydrogen (secondary N) is 3. The van der Waals surface area contributed by atoms with Crippen LogP contribution in [0.2, 0.25) is 0 Å². The molecule has 1 heterocycles. The summed E-state index contributed by atoms with van der Waals surface area (Å²) >= 11 is 1.40. The molecule has 12 heteroatoms. The fourth-order valence-electron chi connectivity index (χ4n) is 3.26. The number of hydrogen-bond acceptors (Lipinski definition) is 5. The number of halogens is 3. The molecule has 0 saturated heterocycles. The Bertz CT molecular complexity index is 1490. The summed E-state index contributed by atoms with van der Waals surface area (Å²) in [6.45, 7) is 0. The van der Waals surface area contributed by atoms with E-state index in [0.717, 1.165) is 18.2 Å². The lowest BCUT2D eigenvalue weighted by atomic mass is 10.1. The summed E-state index contributed by atoms with van der Waals surface area (Å²) in [5.41, 5.74) is 0.562. The Hall–Kier alpha value is -4.03. The van der Waals surface area contributed by atoms with Crippen LogP contribution in [0.4, 0.5) is 35.0 Å². The summed E-state index contributed by atoms with van der Waals surface area (Å²) in [5, 5.41) is 17.9. The molecule has 3 aromatic carbocycles. The van der Waals surface area contributed by atoms with Gasteiger partial charge in [-0.2, -0.15) is 24.5 Å². The number of rotatable bonds is 6. The van der Waals surface area contributed by atoms with Gasteiger partial charge in [-0.25, -0.2) is 13.2 Å². The molecular formula is C24H18F3N3O4S2. The van der Waals surface area contributed by atoms with Crippen LogP contribution in [0.15, 0.2) is 88.5 Å². The van der Waals surface area contributed by atoms with Crippen LogP contribution in [0.1, 0.15) is 5.56 Å². The van der Waals surface area contributed by atoms with Gasteiger partial charge >= 0.3 is 12.2 Å². The number of anilines is 3. The first-order valence-electron chi connectivity index (χ1n) is 10.2. The Morgan fingerprint density at radius 3 is 2.31 bits per heavy atom. The number of carbonyl (C=O) groups is 1. The Morgan fingerprint density at radius 2 is 1.64 bits per heavy atom.